The monoisotopic (exact) mass is 469 g/mol. The Bertz CT molecular complexity index is 1460. The van der Waals surface area contributed by atoms with Crippen LogP contribution in [0.3, 0.4) is 0 Å². The van der Waals surface area contributed by atoms with Gasteiger partial charge in [0.05, 0.1) is 11.6 Å². The largest absolute Gasteiger partial charge is 0.406 e. The number of imide groups is 1. The van der Waals surface area contributed by atoms with E-state index < -0.39 is 30.6 Å². The number of imidazole rings is 1. The van der Waals surface area contributed by atoms with E-state index >= 15 is 0 Å². The van der Waals surface area contributed by atoms with E-state index in [9.17, 15) is 22.8 Å². The van der Waals surface area contributed by atoms with Gasteiger partial charge < -0.3 is 9.88 Å². The lowest BCUT2D eigenvalue weighted by atomic mass is 9.99. The summed E-state index contributed by atoms with van der Waals surface area (Å²) in [5.74, 6) is -1.02. The van der Waals surface area contributed by atoms with Gasteiger partial charge in [-0.05, 0) is 36.6 Å². The number of nitrogens with zero attached hydrogens (tertiary/aromatic N) is 5. The van der Waals surface area contributed by atoms with Crippen LogP contribution in [-0.4, -0.2) is 48.8 Å². The average Bonchev–Trinajstić information content (AvgIpc) is 3.26. The molecule has 4 aromatic heterocycles. The van der Waals surface area contributed by atoms with E-state index in [1.54, 1.807) is 29.0 Å². The highest BCUT2D eigenvalue weighted by Crippen LogP contribution is 2.55. The van der Waals surface area contributed by atoms with Gasteiger partial charge in [-0.3, -0.25) is 10.1 Å². The molecule has 1 aliphatic carbocycles. The number of hydrogen-bond acceptors (Lipinski definition) is 5. The summed E-state index contributed by atoms with van der Waals surface area (Å²) in [5, 5.41) is 10.0. The molecule has 0 aromatic carbocycles. The molecule has 174 valence electrons. The molecule has 2 aliphatic rings. The van der Waals surface area contributed by atoms with E-state index in [4.69, 9.17) is 0 Å². The van der Waals surface area contributed by atoms with Crippen molar-refractivity contribution >= 4 is 28.6 Å². The second-order valence-electron chi connectivity index (χ2n) is 8.63. The van der Waals surface area contributed by atoms with Crippen LogP contribution in [0.25, 0.3) is 16.7 Å². The molecule has 1 aliphatic heterocycles. The van der Waals surface area contributed by atoms with Crippen molar-refractivity contribution in [3.63, 3.8) is 0 Å². The predicted molar refractivity (Wildman–Crippen MR) is 113 cm³/mol. The first-order valence-corrected chi connectivity index (χ1v) is 10.7. The van der Waals surface area contributed by atoms with Crippen LogP contribution in [-0.2, 0) is 11.3 Å². The molecule has 9 nitrogen and oxygen atoms in total. The second kappa shape index (κ2) is 7.27. The fourth-order valence-electron chi connectivity index (χ4n) is 4.64. The van der Waals surface area contributed by atoms with Crippen LogP contribution in [0.4, 0.5) is 18.0 Å². The van der Waals surface area contributed by atoms with Gasteiger partial charge in [0.15, 0.2) is 5.65 Å². The van der Waals surface area contributed by atoms with E-state index in [1.165, 1.54) is 6.20 Å². The summed E-state index contributed by atoms with van der Waals surface area (Å²) in [5.41, 5.74) is 3.06. The maximum absolute atomic E-state index is 12.9. The number of pyridine rings is 1. The summed E-state index contributed by atoms with van der Waals surface area (Å²) in [7, 11) is 0. The summed E-state index contributed by atoms with van der Waals surface area (Å²) >= 11 is 0. The smallest absolute Gasteiger partial charge is 0.337 e. The van der Waals surface area contributed by atoms with Crippen molar-refractivity contribution in [2.45, 2.75) is 36.9 Å². The van der Waals surface area contributed by atoms with Gasteiger partial charge in [0, 0.05) is 47.7 Å². The van der Waals surface area contributed by atoms with Crippen LogP contribution in [0.15, 0.2) is 42.9 Å². The number of hydrogen-bond donors (Lipinski definition) is 2. The van der Waals surface area contributed by atoms with Gasteiger partial charge in [-0.25, -0.2) is 19.3 Å². The lowest BCUT2D eigenvalue weighted by molar-refractivity contribution is -0.140. The van der Waals surface area contributed by atoms with Crippen LogP contribution < -0.4 is 10.6 Å². The van der Waals surface area contributed by atoms with E-state index in [2.05, 4.69) is 25.7 Å². The molecule has 3 atom stereocenters. The molecule has 34 heavy (non-hydrogen) atoms. The number of alkyl halides is 3. The topological polar surface area (TPSA) is 106 Å². The number of halogens is 3. The van der Waals surface area contributed by atoms with Gasteiger partial charge in [-0.15, -0.1) is 0 Å². The molecule has 1 saturated carbocycles. The molecule has 2 fully saturated rings. The van der Waals surface area contributed by atoms with Crippen molar-refractivity contribution in [2.24, 2.45) is 0 Å². The van der Waals surface area contributed by atoms with Crippen LogP contribution in [0.2, 0.25) is 0 Å². The van der Waals surface area contributed by atoms with Gasteiger partial charge in [0.2, 0.25) is 5.91 Å². The van der Waals surface area contributed by atoms with Crippen LogP contribution >= 0.6 is 0 Å². The summed E-state index contributed by atoms with van der Waals surface area (Å²) in [6.07, 6.45) is 1.11. The Morgan fingerprint density at radius 1 is 1.06 bits per heavy atom. The average molecular weight is 469 g/mol. The molecule has 1 unspecified atom stereocenters. The van der Waals surface area contributed by atoms with Crippen molar-refractivity contribution in [2.75, 3.05) is 6.54 Å². The van der Waals surface area contributed by atoms with Crippen LogP contribution in [0.5, 0.6) is 0 Å². The summed E-state index contributed by atoms with van der Waals surface area (Å²) in [4.78, 5) is 32.8. The van der Waals surface area contributed by atoms with Gasteiger partial charge in [-0.1, -0.05) is 0 Å². The predicted octanol–water partition coefficient (Wildman–Crippen LogP) is 2.84. The molecule has 6 rings (SSSR count). The molecule has 0 spiro atoms. The number of fused-ring (bicyclic) bond motifs is 2. The molecule has 3 amide bonds. The molecule has 2 N–H and O–H groups in total. The molecule has 0 radical (unpaired) electrons. The van der Waals surface area contributed by atoms with E-state index in [1.807, 2.05) is 12.1 Å². The highest BCUT2D eigenvalue weighted by molar-refractivity contribution is 6.00. The highest BCUT2D eigenvalue weighted by atomic mass is 19.4. The van der Waals surface area contributed by atoms with Crippen molar-refractivity contribution < 1.29 is 22.8 Å². The van der Waals surface area contributed by atoms with Crippen molar-refractivity contribution in [3.05, 3.63) is 59.8 Å². The number of nitrogens with one attached hydrogen (secondary N) is 2. The van der Waals surface area contributed by atoms with E-state index in [0.29, 0.717) is 28.1 Å². The Hall–Kier alpha value is -3.96. The molecule has 0 bridgehead atoms. The highest BCUT2D eigenvalue weighted by Gasteiger charge is 2.43. The van der Waals surface area contributed by atoms with Gasteiger partial charge in [-0.2, -0.15) is 18.3 Å². The Balaban J connectivity index is 1.34. The fourth-order valence-corrected chi connectivity index (χ4v) is 4.64. The quantitative estimate of drug-likeness (QED) is 0.478. The Kier molecular flexibility index (Phi) is 4.41. The molecule has 12 heteroatoms. The van der Waals surface area contributed by atoms with Gasteiger partial charge in [0.25, 0.3) is 0 Å². The van der Waals surface area contributed by atoms with Crippen molar-refractivity contribution in [1.29, 1.82) is 0 Å². The van der Waals surface area contributed by atoms with E-state index in [0.717, 1.165) is 16.6 Å². The number of aromatic nitrogens is 5. The third kappa shape index (κ3) is 3.55. The maximum Gasteiger partial charge on any atom is 0.406 e. The van der Waals surface area contributed by atoms with Crippen molar-refractivity contribution in [1.82, 2.24) is 34.8 Å². The van der Waals surface area contributed by atoms with Crippen LogP contribution in [0, 0.1) is 0 Å². The SMILES string of the molecule is O=C1NCC(c2cc([C@H]3C[C@@H]3c3ccc4ccn(CC(F)(F)F)c4n3)c3nccn3n2)C(=O)N1. The first-order valence-electron chi connectivity index (χ1n) is 10.7. The standard InChI is InChI=1S/C22H18F3N7O2/c23-22(24,25)10-31-5-3-11-1-2-16(28-18(11)31)13-7-12(13)14-8-17(30-32-6-4-26-19(14)32)15-9-27-21(34)29-20(15)33/h1-6,8,12-13,15H,7,9-10H2,(H2,27,29,33,34)/t12-,13-,15?/m0/s1. The minimum atomic E-state index is -4.34. The Labute approximate surface area is 190 Å². The van der Waals surface area contributed by atoms with Gasteiger partial charge >= 0.3 is 12.2 Å². The third-order valence-electron chi connectivity index (χ3n) is 6.34. The molecule has 1 saturated heterocycles. The summed E-state index contributed by atoms with van der Waals surface area (Å²) in [6, 6.07) is 6.56. The number of carbonyl (C=O) groups is 2. The Morgan fingerprint density at radius 2 is 1.91 bits per heavy atom. The number of amides is 3. The van der Waals surface area contributed by atoms with Crippen molar-refractivity contribution in [3.8, 4) is 0 Å². The molecule has 4 aromatic rings. The lowest BCUT2D eigenvalue weighted by Gasteiger charge is -2.22. The number of carbonyl (C=O) groups excluding carboxylic acids is 2. The first kappa shape index (κ1) is 20.6. The first-order chi connectivity index (χ1) is 16.3. The zero-order chi connectivity index (χ0) is 23.6. The summed E-state index contributed by atoms with van der Waals surface area (Å²) in [6.45, 7) is -0.955. The summed E-state index contributed by atoms with van der Waals surface area (Å²) < 4.78 is 41.6. The molecule has 5 heterocycles. The minimum absolute atomic E-state index is 0.00859. The fraction of sp³-hybridized carbons (Fsp3) is 0.318. The number of urea groups is 1. The van der Waals surface area contributed by atoms with Gasteiger partial charge in [0.1, 0.15) is 12.2 Å². The molecular formula is C22H18F3N7O2. The number of rotatable bonds is 4. The second-order valence-corrected chi connectivity index (χ2v) is 8.63. The lowest BCUT2D eigenvalue weighted by Crippen LogP contribution is -2.51. The Morgan fingerprint density at radius 3 is 2.71 bits per heavy atom. The third-order valence-corrected chi connectivity index (χ3v) is 6.34. The molecular weight excluding hydrogens is 451 g/mol. The zero-order valence-corrected chi connectivity index (χ0v) is 17.6. The zero-order valence-electron chi connectivity index (χ0n) is 17.6. The van der Waals surface area contributed by atoms with E-state index in [-0.39, 0.29) is 18.4 Å². The van der Waals surface area contributed by atoms with Crippen LogP contribution in [0.1, 0.15) is 41.1 Å². The normalized spacial score (nSPS) is 22.7. The minimum Gasteiger partial charge on any atom is -0.337 e. The maximum atomic E-state index is 12.9.